The number of nitro groups is 2. The van der Waals surface area contributed by atoms with E-state index < -0.39 is 33.2 Å². The van der Waals surface area contributed by atoms with Gasteiger partial charge >= 0.3 is 0 Å². The minimum Gasteiger partial charge on any atom is -0.343 e. The highest BCUT2D eigenvalue weighted by atomic mass is 16.7. The van der Waals surface area contributed by atoms with Crippen LogP contribution in [0, 0.1) is 20.2 Å². The number of amides is 4. The van der Waals surface area contributed by atoms with Crippen molar-refractivity contribution >= 4 is 40.8 Å². The maximum absolute atomic E-state index is 12.5. The van der Waals surface area contributed by atoms with Gasteiger partial charge in [0, 0.05) is 38.1 Å². The Morgan fingerprint density at radius 1 is 0.615 bits per heavy atom. The van der Waals surface area contributed by atoms with Crippen molar-refractivity contribution in [3.05, 3.63) is 151 Å². The third kappa shape index (κ3) is 6.82. The maximum atomic E-state index is 12.5. The summed E-state index contributed by atoms with van der Waals surface area (Å²) in [6, 6.07) is 24.8. The maximum Gasteiger partial charge on any atom is 0.280 e. The molecule has 4 aromatic rings. The molecule has 0 spiro atoms. The van der Waals surface area contributed by atoms with Gasteiger partial charge in [-0.3, -0.25) is 54.0 Å². The van der Waals surface area contributed by atoms with Crippen molar-refractivity contribution < 1.29 is 43.3 Å². The Morgan fingerprint density at radius 3 is 1.50 bits per heavy atom. The largest absolute Gasteiger partial charge is 0.343 e. The molecule has 15 nitrogen and oxygen atoms in total. The molecule has 0 saturated carbocycles. The number of carbonyl (C=O) groups excluding carboxylic acids is 5. The molecule has 1 saturated heterocycles. The molecule has 7 rings (SSSR count). The Morgan fingerprint density at radius 2 is 1.02 bits per heavy atom. The van der Waals surface area contributed by atoms with E-state index in [1.165, 1.54) is 30.3 Å². The molecule has 3 heterocycles. The van der Waals surface area contributed by atoms with Crippen molar-refractivity contribution in [2.75, 3.05) is 26.3 Å². The number of hydrogen-bond acceptors (Lipinski definition) is 11. The zero-order valence-corrected chi connectivity index (χ0v) is 26.8. The highest BCUT2D eigenvalue weighted by molar-refractivity contribution is 6.22. The summed E-state index contributed by atoms with van der Waals surface area (Å²) in [5.74, 6) is -3.52. The molecule has 1 fully saturated rings. The average Bonchev–Trinajstić information content (AvgIpc) is 3.80. The topological polar surface area (TPSA) is 197 Å². The fourth-order valence-corrected chi connectivity index (χ4v) is 6.20. The lowest BCUT2D eigenvalue weighted by molar-refractivity contribution is -0.388. The summed E-state index contributed by atoms with van der Waals surface area (Å²) in [6.07, 6.45) is -0.0698. The predicted molar refractivity (Wildman–Crippen MR) is 184 cm³/mol. The van der Waals surface area contributed by atoms with Crippen LogP contribution in [0.25, 0.3) is 0 Å². The Balaban J connectivity index is 0.000000199. The van der Waals surface area contributed by atoms with Crippen molar-refractivity contribution in [2.45, 2.75) is 26.1 Å². The summed E-state index contributed by atoms with van der Waals surface area (Å²) in [7, 11) is 0. The number of carbonyl (C=O) groups is 5. The van der Waals surface area contributed by atoms with Crippen LogP contribution in [-0.4, -0.2) is 75.4 Å². The molecule has 4 aromatic carbocycles. The van der Waals surface area contributed by atoms with E-state index in [-0.39, 0.29) is 80.9 Å². The smallest absolute Gasteiger partial charge is 0.280 e. The number of benzene rings is 4. The monoisotopic (exact) mass is 708 g/mol. The number of Topliss-reactive ketones (excluding diaryl/α,β-unsaturated/α-hetero) is 1. The number of nitro benzene ring substituents is 2. The van der Waals surface area contributed by atoms with E-state index in [0.717, 1.165) is 9.80 Å². The standard InChI is InChI=1S/C19H16N2O6.C17H12N2O5.CH4/c22-17-13-5-1-2-6-14(13)18(23)20(17)10-9-19(26-11-12-27-19)15-7-3-4-8-16(15)21(24)25;20-15(13-7-3-4-8-14(13)19(23)24)9-10-18-16(21)11-5-1-2-6-12(11)17(18)22;/h1-8H,9-12H2;1-8H,9-10H2;1H4. The van der Waals surface area contributed by atoms with E-state index in [0.29, 0.717) is 22.3 Å². The van der Waals surface area contributed by atoms with Crippen LogP contribution in [0.5, 0.6) is 0 Å². The normalized spacial score (nSPS) is 15.4. The Hall–Kier alpha value is -6.45. The van der Waals surface area contributed by atoms with Crippen LogP contribution in [0.15, 0.2) is 97.1 Å². The van der Waals surface area contributed by atoms with E-state index in [4.69, 9.17) is 9.47 Å². The van der Waals surface area contributed by atoms with Gasteiger partial charge in [0.1, 0.15) is 0 Å². The zero-order chi connectivity index (χ0) is 36.3. The van der Waals surface area contributed by atoms with Gasteiger partial charge < -0.3 is 9.47 Å². The van der Waals surface area contributed by atoms with E-state index in [9.17, 15) is 44.2 Å². The number of ether oxygens (including phenoxy) is 2. The summed E-state index contributed by atoms with van der Waals surface area (Å²) in [5.41, 5.74) is 1.17. The number of ketones is 1. The lowest BCUT2D eigenvalue weighted by atomic mass is 10.00. The summed E-state index contributed by atoms with van der Waals surface area (Å²) >= 11 is 0. The molecule has 0 aromatic heterocycles. The molecule has 52 heavy (non-hydrogen) atoms. The van der Waals surface area contributed by atoms with Crippen molar-refractivity contribution in [1.29, 1.82) is 0 Å². The highest BCUT2D eigenvalue weighted by Crippen LogP contribution is 2.40. The van der Waals surface area contributed by atoms with E-state index >= 15 is 0 Å². The van der Waals surface area contributed by atoms with Crippen molar-refractivity contribution in [2.24, 2.45) is 0 Å². The van der Waals surface area contributed by atoms with Gasteiger partial charge in [-0.25, -0.2) is 0 Å². The third-order valence-corrected chi connectivity index (χ3v) is 8.65. The quantitative estimate of drug-likeness (QED) is 0.0863. The lowest BCUT2D eigenvalue weighted by Crippen LogP contribution is -2.37. The van der Waals surface area contributed by atoms with Crippen LogP contribution in [0.4, 0.5) is 11.4 Å². The van der Waals surface area contributed by atoms with Crippen LogP contribution >= 0.6 is 0 Å². The number of nitrogens with zero attached hydrogens (tertiary/aromatic N) is 4. The minimum absolute atomic E-state index is 0. The molecule has 0 radical (unpaired) electrons. The SMILES string of the molecule is C.O=C(CCN1C(=O)c2ccccc2C1=O)c1ccccc1[N+](=O)[O-].O=C1c2ccccc2C(=O)N1CCC1(c2ccccc2[N+](=O)[O-])OCCO1. The van der Waals surface area contributed by atoms with Crippen LogP contribution in [-0.2, 0) is 15.3 Å². The first-order chi connectivity index (χ1) is 24.5. The zero-order valence-electron chi connectivity index (χ0n) is 26.8. The second-order valence-electron chi connectivity index (χ2n) is 11.5. The van der Waals surface area contributed by atoms with Crippen LogP contribution < -0.4 is 0 Å². The molecule has 4 amide bonds. The van der Waals surface area contributed by atoms with Crippen LogP contribution in [0.3, 0.4) is 0 Å². The molecule has 0 bridgehead atoms. The molecule has 266 valence electrons. The highest BCUT2D eigenvalue weighted by Gasteiger charge is 2.45. The number of para-hydroxylation sites is 2. The fraction of sp³-hybridized carbons (Fsp3) is 0.216. The average molecular weight is 709 g/mol. The first-order valence-corrected chi connectivity index (χ1v) is 15.7. The van der Waals surface area contributed by atoms with Crippen molar-refractivity contribution in [1.82, 2.24) is 9.80 Å². The van der Waals surface area contributed by atoms with Gasteiger partial charge in [0.2, 0.25) is 5.79 Å². The van der Waals surface area contributed by atoms with Gasteiger partial charge in [0.05, 0.1) is 56.4 Å². The van der Waals surface area contributed by atoms with Gasteiger partial charge in [-0.2, -0.15) is 0 Å². The summed E-state index contributed by atoms with van der Waals surface area (Å²) in [4.78, 5) is 85.2. The number of rotatable bonds is 10. The van der Waals surface area contributed by atoms with E-state index in [2.05, 4.69) is 0 Å². The Kier molecular flexibility index (Phi) is 10.8. The molecule has 0 atom stereocenters. The lowest BCUT2D eigenvalue weighted by Gasteiger charge is -2.29. The fourth-order valence-electron chi connectivity index (χ4n) is 6.20. The summed E-state index contributed by atoms with van der Waals surface area (Å²) < 4.78 is 11.5. The molecule has 15 heteroatoms. The molecular weight excluding hydrogens is 676 g/mol. The number of imide groups is 2. The van der Waals surface area contributed by atoms with Gasteiger partial charge in [-0.15, -0.1) is 0 Å². The van der Waals surface area contributed by atoms with E-state index in [1.54, 1.807) is 66.7 Å². The Labute approximate surface area is 296 Å². The van der Waals surface area contributed by atoms with Crippen molar-refractivity contribution in [3.8, 4) is 0 Å². The van der Waals surface area contributed by atoms with Gasteiger partial charge in [-0.05, 0) is 36.4 Å². The summed E-state index contributed by atoms with van der Waals surface area (Å²) in [5, 5.41) is 22.4. The Bertz CT molecular complexity index is 2040. The van der Waals surface area contributed by atoms with Crippen LogP contribution in [0.1, 0.15) is 77.6 Å². The van der Waals surface area contributed by atoms with Crippen LogP contribution in [0.2, 0.25) is 0 Å². The minimum atomic E-state index is -1.36. The molecular formula is C37H32N4O11. The van der Waals surface area contributed by atoms with Gasteiger partial charge in [0.25, 0.3) is 35.0 Å². The first kappa shape index (κ1) is 36.8. The number of hydrogen-bond donors (Lipinski definition) is 0. The predicted octanol–water partition coefficient (Wildman–Crippen LogP) is 5.58. The summed E-state index contributed by atoms with van der Waals surface area (Å²) in [6.45, 7) is 0.456. The molecule has 0 N–H and O–H groups in total. The molecule has 0 unspecified atom stereocenters. The second-order valence-corrected chi connectivity index (χ2v) is 11.5. The van der Waals surface area contributed by atoms with Gasteiger partial charge in [-0.1, -0.05) is 56.0 Å². The third-order valence-electron chi connectivity index (χ3n) is 8.65. The van der Waals surface area contributed by atoms with Gasteiger partial charge in [0.15, 0.2) is 5.78 Å². The molecule has 0 aliphatic carbocycles. The molecule has 3 aliphatic rings. The van der Waals surface area contributed by atoms with E-state index in [1.807, 2.05) is 0 Å². The van der Waals surface area contributed by atoms with Crippen molar-refractivity contribution in [3.63, 3.8) is 0 Å². The second kappa shape index (κ2) is 15.2. The number of fused-ring (bicyclic) bond motifs is 2. The molecule has 3 aliphatic heterocycles. The first-order valence-electron chi connectivity index (χ1n) is 15.7.